The first kappa shape index (κ1) is 10.8. The Hall–Kier alpha value is -1.29. The van der Waals surface area contributed by atoms with E-state index < -0.39 is 6.04 Å². The van der Waals surface area contributed by atoms with Gasteiger partial charge in [-0.2, -0.15) is 0 Å². The normalized spacial score (nSPS) is 12.5. The quantitative estimate of drug-likeness (QED) is 0.728. The van der Waals surface area contributed by atoms with E-state index in [9.17, 15) is 4.79 Å². The predicted octanol–water partition coefficient (Wildman–Crippen LogP) is 0.363. The maximum Gasteiger partial charge on any atom is 0.238 e. The van der Waals surface area contributed by atoms with Gasteiger partial charge in [0.15, 0.2) is 0 Å². The summed E-state index contributed by atoms with van der Waals surface area (Å²) in [6.07, 6.45) is 2.71. The van der Waals surface area contributed by atoms with Gasteiger partial charge in [-0.1, -0.05) is 0 Å². The zero-order valence-electron chi connectivity index (χ0n) is 8.66. The highest BCUT2D eigenvalue weighted by Gasteiger charge is 2.12. The summed E-state index contributed by atoms with van der Waals surface area (Å²) in [6.45, 7) is 2.40. The first-order valence-corrected chi connectivity index (χ1v) is 4.74. The van der Waals surface area contributed by atoms with E-state index in [2.05, 4.69) is 4.98 Å². The number of aromatic amines is 1. The zero-order chi connectivity index (χ0) is 10.6. The second-order valence-corrected chi connectivity index (χ2v) is 3.49. The van der Waals surface area contributed by atoms with Gasteiger partial charge in [-0.05, 0) is 19.1 Å². The van der Waals surface area contributed by atoms with E-state index in [1.807, 2.05) is 18.3 Å². The highest BCUT2D eigenvalue weighted by Crippen LogP contribution is 1.98. The predicted molar refractivity (Wildman–Crippen MR) is 55.8 cm³/mol. The number of amides is 1. The fourth-order valence-electron chi connectivity index (χ4n) is 1.27. The van der Waals surface area contributed by atoms with Crippen LogP contribution in [0.2, 0.25) is 0 Å². The molecule has 0 saturated carbocycles. The highest BCUT2D eigenvalue weighted by molar-refractivity contribution is 5.80. The Bertz CT molecular complexity index is 280. The van der Waals surface area contributed by atoms with E-state index in [0.29, 0.717) is 6.54 Å². The molecule has 1 rings (SSSR count). The van der Waals surface area contributed by atoms with Crippen molar-refractivity contribution in [2.24, 2.45) is 5.73 Å². The van der Waals surface area contributed by atoms with E-state index in [1.54, 1.807) is 18.9 Å². The monoisotopic (exact) mass is 195 g/mol. The van der Waals surface area contributed by atoms with Gasteiger partial charge in [0.25, 0.3) is 0 Å². The topological polar surface area (TPSA) is 62.1 Å². The van der Waals surface area contributed by atoms with E-state index in [4.69, 9.17) is 5.73 Å². The third-order valence-electron chi connectivity index (χ3n) is 2.14. The van der Waals surface area contributed by atoms with Crippen molar-refractivity contribution >= 4 is 5.91 Å². The number of rotatable bonds is 4. The van der Waals surface area contributed by atoms with Crippen LogP contribution in [0.5, 0.6) is 0 Å². The number of likely N-dealkylation sites (N-methyl/N-ethyl adjacent to an activating group) is 1. The van der Waals surface area contributed by atoms with Crippen molar-refractivity contribution in [2.45, 2.75) is 19.4 Å². The average Bonchev–Trinajstić information content (AvgIpc) is 2.65. The molecule has 0 aliphatic carbocycles. The maximum absolute atomic E-state index is 11.4. The molecule has 0 aromatic carbocycles. The van der Waals surface area contributed by atoms with E-state index in [-0.39, 0.29) is 5.91 Å². The number of carbonyl (C=O) groups excluding carboxylic acids is 1. The van der Waals surface area contributed by atoms with Crippen LogP contribution in [0, 0.1) is 0 Å². The van der Waals surface area contributed by atoms with Crippen molar-refractivity contribution in [3.05, 3.63) is 24.0 Å². The largest absolute Gasteiger partial charge is 0.365 e. The van der Waals surface area contributed by atoms with Crippen LogP contribution in [0.1, 0.15) is 12.6 Å². The lowest BCUT2D eigenvalue weighted by Crippen LogP contribution is -2.40. The van der Waals surface area contributed by atoms with Gasteiger partial charge in [0.05, 0.1) is 6.04 Å². The van der Waals surface area contributed by atoms with Crippen molar-refractivity contribution in [3.63, 3.8) is 0 Å². The smallest absolute Gasteiger partial charge is 0.238 e. The zero-order valence-corrected chi connectivity index (χ0v) is 8.66. The molecule has 14 heavy (non-hydrogen) atoms. The molecule has 4 nitrogen and oxygen atoms in total. The number of carbonyl (C=O) groups is 1. The van der Waals surface area contributed by atoms with Crippen molar-refractivity contribution in [1.82, 2.24) is 9.88 Å². The van der Waals surface area contributed by atoms with Crippen LogP contribution in [0.4, 0.5) is 0 Å². The number of aromatic nitrogens is 1. The molecule has 0 fully saturated rings. The average molecular weight is 195 g/mol. The van der Waals surface area contributed by atoms with Gasteiger partial charge in [0.1, 0.15) is 0 Å². The maximum atomic E-state index is 11.4. The van der Waals surface area contributed by atoms with Gasteiger partial charge in [-0.25, -0.2) is 0 Å². The van der Waals surface area contributed by atoms with Crippen molar-refractivity contribution in [2.75, 3.05) is 13.6 Å². The lowest BCUT2D eigenvalue weighted by Gasteiger charge is -2.18. The van der Waals surface area contributed by atoms with Crippen molar-refractivity contribution in [1.29, 1.82) is 0 Å². The van der Waals surface area contributed by atoms with Crippen LogP contribution >= 0.6 is 0 Å². The summed E-state index contributed by atoms with van der Waals surface area (Å²) in [6, 6.07) is 3.54. The van der Waals surface area contributed by atoms with Gasteiger partial charge in [0, 0.05) is 31.9 Å². The lowest BCUT2D eigenvalue weighted by atomic mass is 10.2. The van der Waals surface area contributed by atoms with Crippen LogP contribution in [-0.2, 0) is 11.2 Å². The summed E-state index contributed by atoms with van der Waals surface area (Å²) >= 11 is 0. The molecule has 1 aromatic heterocycles. The second-order valence-electron chi connectivity index (χ2n) is 3.49. The van der Waals surface area contributed by atoms with Crippen LogP contribution in [-0.4, -0.2) is 35.4 Å². The Labute approximate surface area is 84.1 Å². The molecular weight excluding hydrogens is 178 g/mol. The first-order valence-electron chi connectivity index (χ1n) is 4.74. The van der Waals surface area contributed by atoms with Crippen molar-refractivity contribution < 1.29 is 4.79 Å². The molecule has 4 heteroatoms. The van der Waals surface area contributed by atoms with E-state index >= 15 is 0 Å². The van der Waals surface area contributed by atoms with Crippen LogP contribution in [0.15, 0.2) is 18.3 Å². The standard InChI is InChI=1S/C10H17N3O/c1-8(11)10(14)13(2)7-5-9-4-3-6-12-9/h3-4,6,8,12H,5,7,11H2,1-2H3. The molecule has 1 unspecified atom stereocenters. The molecule has 78 valence electrons. The van der Waals surface area contributed by atoms with Crippen molar-refractivity contribution in [3.8, 4) is 0 Å². The number of nitrogens with one attached hydrogen (secondary N) is 1. The third-order valence-corrected chi connectivity index (χ3v) is 2.14. The molecule has 1 atom stereocenters. The van der Waals surface area contributed by atoms with Gasteiger partial charge in [-0.3, -0.25) is 4.79 Å². The fraction of sp³-hybridized carbons (Fsp3) is 0.500. The van der Waals surface area contributed by atoms with Crippen LogP contribution in [0.25, 0.3) is 0 Å². The Morgan fingerprint density at radius 3 is 2.93 bits per heavy atom. The number of hydrogen-bond acceptors (Lipinski definition) is 2. The Kier molecular flexibility index (Phi) is 3.71. The molecule has 0 aliphatic heterocycles. The fourth-order valence-corrected chi connectivity index (χ4v) is 1.27. The molecule has 0 aliphatic rings. The highest BCUT2D eigenvalue weighted by atomic mass is 16.2. The summed E-state index contributed by atoms with van der Waals surface area (Å²) in [5.74, 6) is -0.0171. The van der Waals surface area contributed by atoms with Crippen LogP contribution in [0.3, 0.4) is 0 Å². The van der Waals surface area contributed by atoms with Gasteiger partial charge >= 0.3 is 0 Å². The Balaban J connectivity index is 2.35. The Morgan fingerprint density at radius 1 is 1.71 bits per heavy atom. The lowest BCUT2D eigenvalue weighted by molar-refractivity contribution is -0.130. The molecule has 1 aromatic rings. The van der Waals surface area contributed by atoms with Crippen LogP contribution < -0.4 is 5.73 Å². The molecule has 0 spiro atoms. The van der Waals surface area contributed by atoms with E-state index in [1.165, 1.54) is 0 Å². The molecule has 1 amide bonds. The Morgan fingerprint density at radius 2 is 2.43 bits per heavy atom. The SMILES string of the molecule is CC(N)C(=O)N(C)CCc1ccc[nH]1. The molecular formula is C10H17N3O. The summed E-state index contributed by atoms with van der Waals surface area (Å²) < 4.78 is 0. The van der Waals surface area contributed by atoms with Gasteiger partial charge < -0.3 is 15.6 Å². The molecule has 0 bridgehead atoms. The minimum atomic E-state index is -0.413. The van der Waals surface area contributed by atoms with Gasteiger partial charge in [-0.15, -0.1) is 0 Å². The number of nitrogens with two attached hydrogens (primary N) is 1. The summed E-state index contributed by atoms with van der Waals surface area (Å²) in [5.41, 5.74) is 6.62. The minimum Gasteiger partial charge on any atom is -0.365 e. The summed E-state index contributed by atoms with van der Waals surface area (Å²) in [4.78, 5) is 16.1. The first-order chi connectivity index (χ1) is 6.61. The number of nitrogens with zero attached hydrogens (tertiary/aromatic N) is 1. The number of hydrogen-bond donors (Lipinski definition) is 2. The molecule has 3 N–H and O–H groups in total. The summed E-state index contributed by atoms with van der Waals surface area (Å²) in [5, 5.41) is 0. The van der Waals surface area contributed by atoms with Gasteiger partial charge in [0.2, 0.25) is 5.91 Å². The number of H-pyrrole nitrogens is 1. The second kappa shape index (κ2) is 4.81. The third kappa shape index (κ3) is 2.88. The molecule has 0 saturated heterocycles. The molecule has 1 heterocycles. The molecule has 0 radical (unpaired) electrons. The van der Waals surface area contributed by atoms with E-state index in [0.717, 1.165) is 12.1 Å². The minimum absolute atomic E-state index is 0.0171. The summed E-state index contributed by atoms with van der Waals surface area (Å²) in [7, 11) is 1.77.